The van der Waals surface area contributed by atoms with Gasteiger partial charge in [0.25, 0.3) is 5.91 Å². The van der Waals surface area contributed by atoms with E-state index in [2.05, 4.69) is 5.32 Å². The lowest BCUT2D eigenvalue weighted by Gasteiger charge is -2.38. The third-order valence-electron chi connectivity index (χ3n) is 4.34. The van der Waals surface area contributed by atoms with E-state index in [-0.39, 0.29) is 48.1 Å². The van der Waals surface area contributed by atoms with Crippen molar-refractivity contribution in [1.82, 2.24) is 4.90 Å². The smallest absolute Gasteiger partial charge is 0.260 e. The maximum absolute atomic E-state index is 13.5. The predicted octanol–water partition coefficient (Wildman–Crippen LogP) is 1.71. The molecule has 0 spiro atoms. The normalized spacial score (nSPS) is 14.3. The molecule has 1 N–H and O–H groups in total. The molecule has 1 aliphatic rings. The number of para-hydroxylation sites is 1. The average molecular weight is 406 g/mol. The van der Waals surface area contributed by atoms with Crippen LogP contribution in [0.4, 0.5) is 10.1 Å². The lowest BCUT2D eigenvalue weighted by atomic mass is 9.99. The molecule has 1 aliphatic heterocycles. The summed E-state index contributed by atoms with van der Waals surface area (Å²) < 4.78 is 41.5. The van der Waals surface area contributed by atoms with Crippen molar-refractivity contribution in [2.45, 2.75) is 4.90 Å². The summed E-state index contributed by atoms with van der Waals surface area (Å²) in [6, 6.07) is 11.7. The second-order valence-corrected chi connectivity index (χ2v) is 8.52. The van der Waals surface area contributed by atoms with Crippen molar-refractivity contribution in [3.63, 3.8) is 0 Å². The molecule has 1 saturated heterocycles. The highest BCUT2D eigenvalue weighted by atomic mass is 32.2. The average Bonchev–Trinajstić information content (AvgIpc) is 2.59. The van der Waals surface area contributed by atoms with E-state index in [1.807, 2.05) is 0 Å². The van der Waals surface area contributed by atoms with Crippen LogP contribution in [0, 0.1) is 11.7 Å². The van der Waals surface area contributed by atoms with Crippen LogP contribution in [0.25, 0.3) is 0 Å². The molecule has 0 atom stereocenters. The Hall–Kier alpha value is -2.94. The fourth-order valence-electron chi connectivity index (χ4n) is 2.67. The van der Waals surface area contributed by atoms with Crippen molar-refractivity contribution in [2.24, 2.45) is 5.92 Å². The molecule has 3 rings (SSSR count). The van der Waals surface area contributed by atoms with Gasteiger partial charge in [0, 0.05) is 25.0 Å². The molecule has 0 aliphatic carbocycles. The number of rotatable bonds is 6. The standard InChI is InChI=1S/C19H19FN2O5S/c1-28(25,26)15-8-6-14(7-9-15)21-19(24)13-10-22(11-13)18(23)12-27-17-5-3-2-4-16(17)20/h2-9,13H,10-12H2,1H3,(H,21,24). The Morgan fingerprint density at radius 1 is 1.14 bits per heavy atom. The number of nitrogens with one attached hydrogen (secondary N) is 1. The zero-order chi connectivity index (χ0) is 20.3. The molecule has 0 aromatic heterocycles. The third-order valence-corrected chi connectivity index (χ3v) is 5.47. The first-order chi connectivity index (χ1) is 13.2. The maximum Gasteiger partial charge on any atom is 0.260 e. The van der Waals surface area contributed by atoms with Gasteiger partial charge in [0.2, 0.25) is 5.91 Å². The largest absolute Gasteiger partial charge is 0.481 e. The Balaban J connectivity index is 1.46. The topological polar surface area (TPSA) is 92.8 Å². The number of hydrogen-bond donors (Lipinski definition) is 1. The van der Waals surface area contributed by atoms with Crippen LogP contribution in [-0.4, -0.2) is 51.1 Å². The summed E-state index contributed by atoms with van der Waals surface area (Å²) in [5.41, 5.74) is 0.477. The van der Waals surface area contributed by atoms with Crippen LogP contribution >= 0.6 is 0 Å². The van der Waals surface area contributed by atoms with Gasteiger partial charge in [0.15, 0.2) is 28.0 Å². The number of carbonyl (C=O) groups excluding carboxylic acids is 2. The molecular formula is C19H19FN2O5S. The number of amides is 2. The highest BCUT2D eigenvalue weighted by Crippen LogP contribution is 2.21. The van der Waals surface area contributed by atoms with Gasteiger partial charge in [-0.3, -0.25) is 9.59 Å². The molecule has 0 radical (unpaired) electrons. The number of anilines is 1. The van der Waals surface area contributed by atoms with E-state index in [4.69, 9.17) is 4.74 Å². The number of hydrogen-bond acceptors (Lipinski definition) is 5. The van der Waals surface area contributed by atoms with Gasteiger partial charge in [-0.25, -0.2) is 12.8 Å². The van der Waals surface area contributed by atoms with Crippen LogP contribution in [0.1, 0.15) is 0 Å². The number of benzene rings is 2. The van der Waals surface area contributed by atoms with Gasteiger partial charge in [-0.05, 0) is 36.4 Å². The Kier molecular flexibility index (Phi) is 5.64. The van der Waals surface area contributed by atoms with E-state index in [1.165, 1.54) is 47.4 Å². The Labute approximate surface area is 162 Å². The number of nitrogens with zero attached hydrogens (tertiary/aromatic N) is 1. The van der Waals surface area contributed by atoms with E-state index < -0.39 is 15.7 Å². The van der Waals surface area contributed by atoms with E-state index in [1.54, 1.807) is 6.07 Å². The van der Waals surface area contributed by atoms with E-state index in [9.17, 15) is 22.4 Å². The Morgan fingerprint density at radius 3 is 2.39 bits per heavy atom. The number of halogens is 1. The fraction of sp³-hybridized carbons (Fsp3) is 0.263. The summed E-state index contributed by atoms with van der Waals surface area (Å²) in [5, 5.41) is 2.69. The van der Waals surface area contributed by atoms with Crippen molar-refractivity contribution in [3.8, 4) is 5.75 Å². The molecule has 9 heteroatoms. The molecule has 148 valence electrons. The van der Waals surface area contributed by atoms with Gasteiger partial charge in [-0.2, -0.15) is 0 Å². The van der Waals surface area contributed by atoms with Gasteiger partial charge < -0.3 is 15.0 Å². The van der Waals surface area contributed by atoms with Gasteiger partial charge >= 0.3 is 0 Å². The zero-order valence-electron chi connectivity index (χ0n) is 15.1. The van der Waals surface area contributed by atoms with Gasteiger partial charge in [-0.15, -0.1) is 0 Å². The molecule has 2 aromatic carbocycles. The minimum absolute atomic E-state index is 0.00297. The molecule has 2 aromatic rings. The summed E-state index contributed by atoms with van der Waals surface area (Å²) >= 11 is 0. The van der Waals surface area contributed by atoms with Gasteiger partial charge in [-0.1, -0.05) is 12.1 Å². The quantitative estimate of drug-likeness (QED) is 0.788. The van der Waals surface area contributed by atoms with Crippen LogP contribution in [-0.2, 0) is 19.4 Å². The second-order valence-electron chi connectivity index (χ2n) is 6.50. The number of sulfone groups is 1. The highest BCUT2D eigenvalue weighted by molar-refractivity contribution is 7.90. The summed E-state index contributed by atoms with van der Waals surface area (Å²) in [5.74, 6) is -1.50. The van der Waals surface area contributed by atoms with Crippen LogP contribution in [0.5, 0.6) is 5.75 Å². The second kappa shape index (κ2) is 7.97. The minimum atomic E-state index is -3.30. The van der Waals surface area contributed by atoms with Crippen LogP contribution in [0.3, 0.4) is 0 Å². The SMILES string of the molecule is CS(=O)(=O)c1ccc(NC(=O)C2CN(C(=O)COc3ccccc3F)C2)cc1. The van der Waals surface area contributed by atoms with E-state index in [0.29, 0.717) is 5.69 Å². The lowest BCUT2D eigenvalue weighted by Crippen LogP contribution is -2.55. The molecule has 0 saturated carbocycles. The minimum Gasteiger partial charge on any atom is -0.481 e. The molecule has 2 amide bonds. The van der Waals surface area contributed by atoms with Crippen LogP contribution in [0.15, 0.2) is 53.4 Å². The monoisotopic (exact) mass is 406 g/mol. The summed E-state index contributed by atoms with van der Waals surface area (Å²) in [4.78, 5) is 25.9. The summed E-state index contributed by atoms with van der Waals surface area (Å²) in [6.07, 6.45) is 1.11. The predicted molar refractivity (Wildman–Crippen MR) is 100 cm³/mol. The first-order valence-corrected chi connectivity index (χ1v) is 10.4. The van der Waals surface area contributed by atoms with Crippen LogP contribution < -0.4 is 10.1 Å². The third kappa shape index (κ3) is 4.66. The molecular weight excluding hydrogens is 387 g/mol. The molecule has 7 nitrogen and oxygen atoms in total. The van der Waals surface area contributed by atoms with Crippen molar-refractivity contribution >= 4 is 27.3 Å². The summed E-state index contributed by atoms with van der Waals surface area (Å²) in [7, 11) is -3.30. The van der Waals surface area contributed by atoms with Gasteiger partial charge in [0.05, 0.1) is 10.8 Å². The van der Waals surface area contributed by atoms with E-state index in [0.717, 1.165) is 6.26 Å². The Morgan fingerprint density at radius 2 is 1.79 bits per heavy atom. The first-order valence-electron chi connectivity index (χ1n) is 8.50. The lowest BCUT2D eigenvalue weighted by molar-refractivity contribution is -0.143. The van der Waals surface area contributed by atoms with Crippen molar-refractivity contribution in [1.29, 1.82) is 0 Å². The van der Waals surface area contributed by atoms with E-state index >= 15 is 0 Å². The molecule has 0 unspecified atom stereocenters. The van der Waals surface area contributed by atoms with Gasteiger partial charge in [0.1, 0.15) is 0 Å². The summed E-state index contributed by atoms with van der Waals surface area (Å²) in [6.45, 7) is 0.182. The van der Waals surface area contributed by atoms with Crippen molar-refractivity contribution in [3.05, 3.63) is 54.3 Å². The maximum atomic E-state index is 13.5. The fourth-order valence-corrected chi connectivity index (χ4v) is 3.30. The molecule has 1 fully saturated rings. The highest BCUT2D eigenvalue weighted by Gasteiger charge is 2.35. The zero-order valence-corrected chi connectivity index (χ0v) is 15.9. The first kappa shape index (κ1) is 19.8. The van der Waals surface area contributed by atoms with Crippen molar-refractivity contribution < 1.29 is 27.1 Å². The Bertz CT molecular complexity index is 986. The number of carbonyl (C=O) groups is 2. The van der Waals surface area contributed by atoms with Crippen molar-refractivity contribution in [2.75, 3.05) is 31.3 Å². The molecule has 28 heavy (non-hydrogen) atoms. The molecule has 0 bridgehead atoms. The molecule has 1 heterocycles. The van der Waals surface area contributed by atoms with Crippen LogP contribution in [0.2, 0.25) is 0 Å². The number of ether oxygens (including phenoxy) is 1. The number of likely N-dealkylation sites (tertiary alicyclic amines) is 1.